The van der Waals surface area contributed by atoms with Gasteiger partial charge in [0.25, 0.3) is 0 Å². The minimum absolute atomic E-state index is 1.34. The van der Waals surface area contributed by atoms with E-state index in [4.69, 9.17) is 4.42 Å². The summed E-state index contributed by atoms with van der Waals surface area (Å²) >= 11 is -2.13. The number of furan rings is 1. The van der Waals surface area contributed by atoms with Crippen molar-refractivity contribution in [2.24, 2.45) is 0 Å². The molecule has 0 atom stereocenters. The Kier molecular flexibility index (Phi) is 8.12. The van der Waals surface area contributed by atoms with Crippen molar-refractivity contribution in [2.75, 3.05) is 0 Å². The predicted molar refractivity (Wildman–Crippen MR) is 83.2 cm³/mol. The fourth-order valence-electron chi connectivity index (χ4n) is 2.92. The van der Waals surface area contributed by atoms with Crippen LogP contribution in [0.3, 0.4) is 0 Å². The van der Waals surface area contributed by atoms with Gasteiger partial charge in [0.05, 0.1) is 0 Å². The first-order valence-corrected chi connectivity index (χ1v) is 15.3. The Morgan fingerprint density at radius 3 is 1.72 bits per heavy atom. The molecule has 0 unspecified atom stereocenters. The van der Waals surface area contributed by atoms with Crippen molar-refractivity contribution in [3.8, 4) is 0 Å². The Morgan fingerprint density at radius 2 is 1.39 bits per heavy atom. The molecule has 0 saturated carbocycles. The average molecular weight is 357 g/mol. The zero-order valence-corrected chi connectivity index (χ0v) is 15.4. The normalized spacial score (nSPS) is 11.9. The molecule has 0 saturated heterocycles. The summed E-state index contributed by atoms with van der Waals surface area (Å²) in [4.78, 5) is 0. The van der Waals surface area contributed by atoms with Crippen molar-refractivity contribution >= 4 is 22.0 Å². The first-order chi connectivity index (χ1) is 8.79. The molecular formula is C16H30OSn. The topological polar surface area (TPSA) is 13.1 Å². The third kappa shape index (κ3) is 4.64. The van der Waals surface area contributed by atoms with Crippen LogP contribution < -0.4 is 3.58 Å². The van der Waals surface area contributed by atoms with Crippen LogP contribution in [0.5, 0.6) is 0 Å². The second kappa shape index (κ2) is 9.06. The summed E-state index contributed by atoms with van der Waals surface area (Å²) in [6.07, 6.45) is 12.3. The van der Waals surface area contributed by atoms with E-state index in [9.17, 15) is 0 Å². The molecule has 2 heteroatoms. The molecule has 0 aliphatic rings. The molecule has 0 aliphatic carbocycles. The molecule has 0 radical (unpaired) electrons. The first kappa shape index (κ1) is 16.1. The molecule has 1 aromatic heterocycles. The van der Waals surface area contributed by atoms with Gasteiger partial charge in [0.1, 0.15) is 0 Å². The standard InChI is InChI=1S/C4H3O.3C4H9.Sn/c1-2-4-5-3-1;3*1-3-4-2;/h1,3-4H;3*1,3-4H2,2H3;. The van der Waals surface area contributed by atoms with Crippen LogP contribution in [0.2, 0.25) is 13.3 Å². The van der Waals surface area contributed by atoms with Crippen LogP contribution in [0.25, 0.3) is 0 Å². The van der Waals surface area contributed by atoms with Crippen molar-refractivity contribution in [3.05, 3.63) is 18.6 Å². The number of hydrogen-bond donors (Lipinski definition) is 0. The Morgan fingerprint density at radius 1 is 0.889 bits per heavy atom. The van der Waals surface area contributed by atoms with Crippen molar-refractivity contribution < 1.29 is 4.42 Å². The van der Waals surface area contributed by atoms with E-state index in [1.54, 1.807) is 3.58 Å². The molecule has 1 heterocycles. The summed E-state index contributed by atoms with van der Waals surface area (Å²) < 4.78 is 11.7. The molecule has 0 N–H and O–H groups in total. The van der Waals surface area contributed by atoms with Gasteiger partial charge in [-0.3, -0.25) is 0 Å². The van der Waals surface area contributed by atoms with Crippen LogP contribution in [0, 0.1) is 0 Å². The third-order valence-corrected chi connectivity index (χ3v) is 19.7. The molecule has 0 aliphatic heterocycles. The van der Waals surface area contributed by atoms with Gasteiger partial charge in [-0.15, -0.1) is 0 Å². The second-order valence-electron chi connectivity index (χ2n) is 5.60. The maximum absolute atomic E-state index is 5.41. The monoisotopic (exact) mass is 358 g/mol. The molecular weight excluding hydrogens is 327 g/mol. The molecule has 0 amide bonds. The third-order valence-electron chi connectivity index (χ3n) is 4.16. The van der Waals surface area contributed by atoms with Gasteiger partial charge >= 0.3 is 118 Å². The van der Waals surface area contributed by atoms with Crippen molar-refractivity contribution in [3.63, 3.8) is 0 Å². The number of hydrogen-bond acceptors (Lipinski definition) is 1. The van der Waals surface area contributed by atoms with Gasteiger partial charge in [0.2, 0.25) is 0 Å². The summed E-state index contributed by atoms with van der Waals surface area (Å²) in [6.45, 7) is 6.98. The molecule has 0 fully saturated rings. The molecule has 18 heavy (non-hydrogen) atoms. The van der Waals surface area contributed by atoms with E-state index in [-0.39, 0.29) is 0 Å². The molecule has 1 rings (SSSR count). The van der Waals surface area contributed by atoms with Crippen molar-refractivity contribution in [2.45, 2.75) is 72.6 Å². The van der Waals surface area contributed by atoms with E-state index < -0.39 is 18.4 Å². The van der Waals surface area contributed by atoms with E-state index in [2.05, 4.69) is 33.1 Å². The predicted octanol–water partition coefficient (Wildman–Crippen LogP) is 5.34. The molecule has 1 nitrogen and oxygen atoms in total. The van der Waals surface area contributed by atoms with Gasteiger partial charge in [-0.25, -0.2) is 0 Å². The average Bonchev–Trinajstić information content (AvgIpc) is 2.93. The van der Waals surface area contributed by atoms with Crippen molar-refractivity contribution in [1.82, 2.24) is 0 Å². The molecule has 1 aromatic rings. The van der Waals surface area contributed by atoms with E-state index in [0.717, 1.165) is 0 Å². The zero-order valence-electron chi connectivity index (χ0n) is 12.5. The Labute approximate surface area is 117 Å². The summed E-state index contributed by atoms with van der Waals surface area (Å²) in [6, 6.07) is 2.29. The molecule has 0 spiro atoms. The van der Waals surface area contributed by atoms with E-state index in [0.29, 0.717) is 0 Å². The molecule has 0 bridgehead atoms. The van der Waals surface area contributed by atoms with Crippen LogP contribution in [0.4, 0.5) is 0 Å². The van der Waals surface area contributed by atoms with Gasteiger partial charge in [-0.2, -0.15) is 0 Å². The number of rotatable bonds is 10. The first-order valence-electron chi connectivity index (χ1n) is 7.81. The fraction of sp³-hybridized carbons (Fsp3) is 0.750. The SMILES string of the molecule is CCC[CH2][Sn]([CH2]CCC)([CH2]CCC)[c]1ccoc1. The Hall–Kier alpha value is 0.0787. The van der Waals surface area contributed by atoms with Crippen LogP contribution >= 0.6 is 0 Å². The van der Waals surface area contributed by atoms with Crippen LogP contribution in [0.15, 0.2) is 23.0 Å². The summed E-state index contributed by atoms with van der Waals surface area (Å²) in [7, 11) is 0. The van der Waals surface area contributed by atoms with Crippen LogP contribution in [-0.2, 0) is 0 Å². The quantitative estimate of drug-likeness (QED) is 0.516. The van der Waals surface area contributed by atoms with Gasteiger partial charge < -0.3 is 0 Å². The number of unbranched alkanes of at least 4 members (excludes halogenated alkanes) is 3. The van der Waals surface area contributed by atoms with E-state index in [1.807, 2.05) is 6.26 Å². The molecule has 0 aromatic carbocycles. The van der Waals surface area contributed by atoms with Gasteiger partial charge in [0, 0.05) is 0 Å². The minimum atomic E-state index is -2.13. The van der Waals surface area contributed by atoms with Crippen LogP contribution in [-0.4, -0.2) is 18.4 Å². The zero-order chi connectivity index (χ0) is 13.3. The summed E-state index contributed by atoms with van der Waals surface area (Å²) in [5.74, 6) is 0. The Balaban J connectivity index is 2.84. The maximum atomic E-state index is 5.41. The van der Waals surface area contributed by atoms with Crippen molar-refractivity contribution in [1.29, 1.82) is 0 Å². The van der Waals surface area contributed by atoms with E-state index in [1.165, 1.54) is 51.8 Å². The molecule has 104 valence electrons. The van der Waals surface area contributed by atoms with Gasteiger partial charge in [-0.05, 0) is 0 Å². The fourth-order valence-corrected chi connectivity index (χ4v) is 18.5. The van der Waals surface area contributed by atoms with Gasteiger partial charge in [-0.1, -0.05) is 0 Å². The summed E-state index contributed by atoms with van der Waals surface area (Å²) in [5, 5.41) is 0. The Bertz CT molecular complexity index is 270. The van der Waals surface area contributed by atoms with Gasteiger partial charge in [0.15, 0.2) is 0 Å². The second-order valence-corrected chi connectivity index (χ2v) is 18.8. The summed E-state index contributed by atoms with van der Waals surface area (Å²) in [5.41, 5.74) is 0. The van der Waals surface area contributed by atoms with Crippen LogP contribution in [0.1, 0.15) is 59.3 Å². The van der Waals surface area contributed by atoms with E-state index >= 15 is 0 Å².